The Balaban J connectivity index is 0.00000220. The van der Waals surface area contributed by atoms with Gasteiger partial charge in [0.2, 0.25) is 0 Å². The molecule has 114 valence electrons. The lowest BCUT2D eigenvalue weighted by Gasteiger charge is -2.10. The second kappa shape index (κ2) is 9.03. The van der Waals surface area contributed by atoms with Crippen LogP contribution in [0.25, 0.3) is 0 Å². The first-order valence-corrected chi connectivity index (χ1v) is 7.26. The highest BCUT2D eigenvalue weighted by atomic mass is 79.9. The van der Waals surface area contributed by atoms with E-state index in [4.69, 9.17) is 4.74 Å². The smallest absolute Gasteiger partial charge is 0.123 e. The molecule has 2 aromatic rings. The van der Waals surface area contributed by atoms with E-state index in [2.05, 4.69) is 21.2 Å². The van der Waals surface area contributed by atoms with Crippen LogP contribution in [0.1, 0.15) is 11.1 Å². The number of halogens is 3. The molecule has 21 heavy (non-hydrogen) atoms. The number of rotatable bonds is 6. The molecule has 0 aliphatic carbocycles. The summed E-state index contributed by atoms with van der Waals surface area (Å²) >= 11 is 3.45. The molecule has 0 radical (unpaired) electrons. The number of methoxy groups -OCH3 is 1. The van der Waals surface area contributed by atoms with Crippen LogP contribution in [0.4, 0.5) is 4.39 Å². The molecule has 0 bridgehead atoms. The van der Waals surface area contributed by atoms with Gasteiger partial charge in [-0.3, -0.25) is 0 Å². The van der Waals surface area contributed by atoms with Crippen LogP contribution in [0, 0.1) is 5.82 Å². The number of benzene rings is 2. The Morgan fingerprint density at radius 2 is 2.00 bits per heavy atom. The fourth-order valence-electron chi connectivity index (χ4n) is 2.03. The Morgan fingerprint density at radius 3 is 2.71 bits per heavy atom. The van der Waals surface area contributed by atoms with Crippen LogP contribution in [0.5, 0.6) is 5.75 Å². The molecule has 0 spiro atoms. The van der Waals surface area contributed by atoms with Crippen molar-refractivity contribution < 1.29 is 9.13 Å². The van der Waals surface area contributed by atoms with Crippen molar-refractivity contribution in [1.29, 1.82) is 0 Å². The van der Waals surface area contributed by atoms with Gasteiger partial charge in [-0.05, 0) is 48.9 Å². The van der Waals surface area contributed by atoms with Gasteiger partial charge in [-0.15, -0.1) is 12.4 Å². The summed E-state index contributed by atoms with van der Waals surface area (Å²) in [7, 11) is 1.67. The minimum Gasteiger partial charge on any atom is -0.496 e. The van der Waals surface area contributed by atoms with E-state index in [9.17, 15) is 4.39 Å². The molecule has 0 heterocycles. The zero-order valence-corrected chi connectivity index (χ0v) is 14.1. The molecular formula is C16H18BrClFNO. The molecule has 0 aromatic heterocycles. The molecule has 0 amide bonds. The standard InChI is InChI=1S/C16H17BrFNO.ClH/c1-20-16-6-5-14(17)10-13(16)11-19-8-7-12-3-2-4-15(18)9-12;/h2-6,9-10,19H,7-8,11H2,1H3;1H. The highest BCUT2D eigenvalue weighted by molar-refractivity contribution is 9.10. The van der Waals surface area contributed by atoms with E-state index in [-0.39, 0.29) is 18.2 Å². The molecule has 5 heteroatoms. The van der Waals surface area contributed by atoms with E-state index in [0.29, 0.717) is 0 Å². The fraction of sp³-hybridized carbons (Fsp3) is 0.250. The lowest BCUT2D eigenvalue weighted by atomic mass is 10.1. The van der Waals surface area contributed by atoms with Crippen molar-refractivity contribution in [1.82, 2.24) is 5.32 Å². The molecule has 1 N–H and O–H groups in total. The van der Waals surface area contributed by atoms with Gasteiger partial charge in [0, 0.05) is 16.6 Å². The zero-order valence-electron chi connectivity index (χ0n) is 11.7. The van der Waals surface area contributed by atoms with Crippen molar-refractivity contribution in [2.45, 2.75) is 13.0 Å². The zero-order chi connectivity index (χ0) is 14.4. The molecular weight excluding hydrogens is 357 g/mol. The highest BCUT2D eigenvalue weighted by Gasteiger charge is 2.03. The fourth-order valence-corrected chi connectivity index (χ4v) is 2.44. The molecule has 0 saturated heterocycles. The van der Waals surface area contributed by atoms with E-state index >= 15 is 0 Å². The average molecular weight is 375 g/mol. The van der Waals surface area contributed by atoms with Crippen molar-refractivity contribution in [3.8, 4) is 5.75 Å². The van der Waals surface area contributed by atoms with Crippen LogP contribution >= 0.6 is 28.3 Å². The maximum atomic E-state index is 13.0. The summed E-state index contributed by atoms with van der Waals surface area (Å²) in [6, 6.07) is 12.6. The van der Waals surface area contributed by atoms with Crippen LogP contribution in [0.3, 0.4) is 0 Å². The predicted octanol–water partition coefficient (Wildman–Crippen LogP) is 4.35. The Labute approximate surface area is 139 Å². The van der Waals surface area contributed by atoms with Crippen LogP contribution in [0.15, 0.2) is 46.9 Å². The monoisotopic (exact) mass is 373 g/mol. The predicted molar refractivity (Wildman–Crippen MR) is 89.8 cm³/mol. The summed E-state index contributed by atoms with van der Waals surface area (Å²) < 4.78 is 19.4. The minimum atomic E-state index is -0.184. The van der Waals surface area contributed by atoms with Gasteiger partial charge in [0.1, 0.15) is 11.6 Å². The van der Waals surface area contributed by atoms with Gasteiger partial charge in [-0.25, -0.2) is 4.39 Å². The molecule has 0 saturated carbocycles. The normalized spacial score (nSPS) is 10.0. The van der Waals surface area contributed by atoms with E-state index < -0.39 is 0 Å². The maximum Gasteiger partial charge on any atom is 0.123 e. The molecule has 0 unspecified atom stereocenters. The second-order valence-electron chi connectivity index (χ2n) is 4.51. The van der Waals surface area contributed by atoms with E-state index in [1.54, 1.807) is 19.2 Å². The molecule has 2 aromatic carbocycles. The summed E-state index contributed by atoms with van der Waals surface area (Å²) in [5, 5.41) is 3.35. The summed E-state index contributed by atoms with van der Waals surface area (Å²) in [6.07, 6.45) is 0.800. The molecule has 0 atom stereocenters. The third kappa shape index (κ3) is 5.65. The van der Waals surface area contributed by atoms with Crippen LogP contribution in [-0.2, 0) is 13.0 Å². The number of ether oxygens (including phenoxy) is 1. The van der Waals surface area contributed by atoms with Gasteiger partial charge in [0.05, 0.1) is 7.11 Å². The van der Waals surface area contributed by atoms with Crippen molar-refractivity contribution in [3.05, 3.63) is 63.9 Å². The Kier molecular flexibility index (Phi) is 7.72. The number of nitrogens with one attached hydrogen (secondary N) is 1. The maximum absolute atomic E-state index is 13.0. The van der Waals surface area contributed by atoms with Gasteiger partial charge >= 0.3 is 0 Å². The van der Waals surface area contributed by atoms with E-state index in [1.165, 1.54) is 6.07 Å². The average Bonchev–Trinajstić information content (AvgIpc) is 2.44. The van der Waals surface area contributed by atoms with Crippen LogP contribution in [-0.4, -0.2) is 13.7 Å². The molecule has 2 nitrogen and oxygen atoms in total. The van der Waals surface area contributed by atoms with Crippen molar-refractivity contribution in [2.24, 2.45) is 0 Å². The lowest BCUT2D eigenvalue weighted by molar-refractivity contribution is 0.407. The van der Waals surface area contributed by atoms with E-state index in [0.717, 1.165) is 40.9 Å². The van der Waals surface area contributed by atoms with Crippen molar-refractivity contribution in [3.63, 3.8) is 0 Å². The largest absolute Gasteiger partial charge is 0.496 e. The first-order valence-electron chi connectivity index (χ1n) is 6.46. The van der Waals surface area contributed by atoms with E-state index in [1.807, 2.05) is 24.3 Å². The van der Waals surface area contributed by atoms with Gasteiger partial charge in [-0.1, -0.05) is 28.1 Å². The minimum absolute atomic E-state index is 0. The molecule has 2 rings (SSSR count). The second-order valence-corrected chi connectivity index (χ2v) is 5.43. The van der Waals surface area contributed by atoms with Gasteiger partial charge in [0.25, 0.3) is 0 Å². The molecule has 0 aliphatic heterocycles. The summed E-state index contributed by atoms with van der Waals surface area (Å²) in [5.74, 6) is 0.683. The quantitative estimate of drug-likeness (QED) is 0.759. The van der Waals surface area contributed by atoms with Crippen molar-refractivity contribution in [2.75, 3.05) is 13.7 Å². The topological polar surface area (TPSA) is 21.3 Å². The van der Waals surface area contributed by atoms with Gasteiger partial charge < -0.3 is 10.1 Å². The van der Waals surface area contributed by atoms with Crippen LogP contribution in [0.2, 0.25) is 0 Å². The summed E-state index contributed by atoms with van der Waals surface area (Å²) in [6.45, 7) is 1.51. The van der Waals surface area contributed by atoms with Gasteiger partial charge in [-0.2, -0.15) is 0 Å². The Morgan fingerprint density at radius 1 is 1.19 bits per heavy atom. The van der Waals surface area contributed by atoms with Gasteiger partial charge in [0.15, 0.2) is 0 Å². The summed E-state index contributed by atoms with van der Waals surface area (Å²) in [5.41, 5.74) is 2.10. The summed E-state index contributed by atoms with van der Waals surface area (Å²) in [4.78, 5) is 0. The number of hydrogen-bond acceptors (Lipinski definition) is 2. The molecule has 0 fully saturated rings. The Bertz CT molecular complexity index is 580. The lowest BCUT2D eigenvalue weighted by Crippen LogP contribution is -2.17. The third-order valence-electron chi connectivity index (χ3n) is 3.04. The first-order chi connectivity index (χ1) is 9.69. The first kappa shape index (κ1) is 18.0. The van der Waals surface area contributed by atoms with Crippen molar-refractivity contribution >= 4 is 28.3 Å². The Hall–Kier alpha value is -1.10. The molecule has 0 aliphatic rings. The SMILES string of the molecule is COc1ccc(Br)cc1CNCCc1cccc(F)c1.Cl. The third-order valence-corrected chi connectivity index (χ3v) is 3.53. The van der Waals surface area contributed by atoms with Crippen LogP contribution < -0.4 is 10.1 Å². The number of hydrogen-bond donors (Lipinski definition) is 1. The highest BCUT2D eigenvalue weighted by Crippen LogP contribution is 2.22.